The number of carbonyl (C=O) groups excluding carboxylic acids is 1. The molecule has 2 heterocycles. The second kappa shape index (κ2) is 7.59. The summed E-state index contributed by atoms with van der Waals surface area (Å²) in [6.45, 7) is 0. The van der Waals surface area contributed by atoms with Crippen LogP contribution in [0, 0.1) is 0 Å². The van der Waals surface area contributed by atoms with Crippen molar-refractivity contribution in [1.29, 1.82) is 0 Å². The molecular weight excluding hydrogens is 415 g/mol. The maximum atomic E-state index is 12.8. The molecule has 0 radical (unpaired) electrons. The number of carbonyl (C=O) groups is 1. The van der Waals surface area contributed by atoms with Gasteiger partial charge in [-0.3, -0.25) is 9.36 Å². The van der Waals surface area contributed by atoms with Gasteiger partial charge in [0.05, 0.1) is 11.2 Å². The summed E-state index contributed by atoms with van der Waals surface area (Å²) in [6.07, 6.45) is -3.61. The normalized spacial score (nSPS) is 11.5. The Balaban J connectivity index is 1.57. The Bertz CT molecular complexity index is 1340. The lowest BCUT2D eigenvalue weighted by Gasteiger charge is -2.10. The fraction of sp³-hybridized carbons (Fsp3) is 0.100. The number of amides is 1. The number of anilines is 3. The van der Waals surface area contributed by atoms with E-state index >= 15 is 0 Å². The van der Waals surface area contributed by atoms with Crippen LogP contribution in [0.5, 0.6) is 0 Å². The highest BCUT2D eigenvalue weighted by molar-refractivity contribution is 6.08. The Morgan fingerprint density at radius 1 is 1.13 bits per heavy atom. The van der Waals surface area contributed by atoms with E-state index in [9.17, 15) is 22.8 Å². The summed E-state index contributed by atoms with van der Waals surface area (Å²) in [5.74, 6) is -1.33. The first-order chi connectivity index (χ1) is 14.7. The molecule has 0 aliphatic heterocycles. The van der Waals surface area contributed by atoms with E-state index in [0.29, 0.717) is 16.9 Å². The first-order valence-electron chi connectivity index (χ1n) is 8.89. The number of aromatic nitrogens is 3. The number of alkyl halides is 3. The lowest BCUT2D eigenvalue weighted by molar-refractivity contribution is -0.141. The summed E-state index contributed by atoms with van der Waals surface area (Å²) in [7, 11) is 1.55. The SMILES string of the molecule is Cn1c(=O)oc2c(NC(=O)c3cccc(Nc4nccc(C(F)(F)F)n4)c3)cccc21. The van der Waals surface area contributed by atoms with Crippen LogP contribution in [-0.4, -0.2) is 20.4 Å². The van der Waals surface area contributed by atoms with Gasteiger partial charge in [-0.1, -0.05) is 12.1 Å². The molecule has 8 nitrogen and oxygen atoms in total. The fourth-order valence-electron chi connectivity index (χ4n) is 2.89. The fourth-order valence-corrected chi connectivity index (χ4v) is 2.89. The van der Waals surface area contributed by atoms with Gasteiger partial charge in [-0.2, -0.15) is 13.2 Å². The average molecular weight is 429 g/mol. The summed E-state index contributed by atoms with van der Waals surface area (Å²) in [6, 6.07) is 11.7. The van der Waals surface area contributed by atoms with E-state index in [2.05, 4.69) is 20.6 Å². The lowest BCUT2D eigenvalue weighted by Crippen LogP contribution is -2.13. The van der Waals surface area contributed by atoms with Gasteiger partial charge in [0, 0.05) is 24.5 Å². The Labute approximate surface area is 172 Å². The van der Waals surface area contributed by atoms with E-state index in [1.807, 2.05) is 0 Å². The number of nitrogens with one attached hydrogen (secondary N) is 2. The molecule has 0 bridgehead atoms. The number of nitrogens with zero attached hydrogens (tertiary/aromatic N) is 3. The summed E-state index contributed by atoms with van der Waals surface area (Å²) < 4.78 is 45.0. The van der Waals surface area contributed by atoms with Crippen molar-refractivity contribution >= 4 is 34.3 Å². The van der Waals surface area contributed by atoms with Crippen molar-refractivity contribution in [2.24, 2.45) is 7.05 Å². The number of benzene rings is 2. The molecule has 0 saturated carbocycles. The van der Waals surface area contributed by atoms with Crippen LogP contribution >= 0.6 is 0 Å². The highest BCUT2D eigenvalue weighted by atomic mass is 19.4. The summed E-state index contributed by atoms with van der Waals surface area (Å²) in [5.41, 5.74) is 0.495. The minimum Gasteiger partial charge on any atom is -0.405 e. The van der Waals surface area contributed by atoms with Crippen LogP contribution in [0.3, 0.4) is 0 Å². The number of fused-ring (bicyclic) bond motifs is 1. The van der Waals surface area contributed by atoms with Crippen LogP contribution in [0.2, 0.25) is 0 Å². The molecule has 0 spiro atoms. The Morgan fingerprint density at radius 3 is 2.68 bits per heavy atom. The third kappa shape index (κ3) is 4.10. The van der Waals surface area contributed by atoms with E-state index in [-0.39, 0.29) is 17.1 Å². The average Bonchev–Trinajstić information content (AvgIpc) is 3.03. The molecule has 2 N–H and O–H groups in total. The Morgan fingerprint density at radius 2 is 1.90 bits per heavy atom. The predicted octanol–water partition coefficient (Wildman–Crippen LogP) is 3.94. The van der Waals surface area contributed by atoms with Crippen LogP contribution in [0.15, 0.2) is 63.9 Å². The van der Waals surface area contributed by atoms with E-state index in [1.54, 1.807) is 37.4 Å². The Kier molecular flexibility index (Phi) is 4.93. The van der Waals surface area contributed by atoms with Gasteiger partial charge in [0.2, 0.25) is 5.95 Å². The molecule has 2 aromatic heterocycles. The van der Waals surface area contributed by atoms with Crippen LogP contribution in [0.4, 0.5) is 30.5 Å². The number of hydrogen-bond acceptors (Lipinski definition) is 6. The van der Waals surface area contributed by atoms with Crippen molar-refractivity contribution in [1.82, 2.24) is 14.5 Å². The van der Waals surface area contributed by atoms with Gasteiger partial charge in [-0.05, 0) is 36.4 Å². The highest BCUT2D eigenvalue weighted by Gasteiger charge is 2.32. The van der Waals surface area contributed by atoms with Crippen molar-refractivity contribution < 1.29 is 22.4 Å². The molecule has 4 rings (SSSR count). The quantitative estimate of drug-likeness (QED) is 0.510. The zero-order valence-electron chi connectivity index (χ0n) is 15.9. The number of halogens is 3. The second-order valence-electron chi connectivity index (χ2n) is 6.50. The van der Waals surface area contributed by atoms with Gasteiger partial charge >= 0.3 is 11.9 Å². The van der Waals surface area contributed by atoms with Crippen LogP contribution in [0.25, 0.3) is 11.1 Å². The van der Waals surface area contributed by atoms with Gasteiger partial charge in [-0.15, -0.1) is 0 Å². The van der Waals surface area contributed by atoms with Crippen molar-refractivity contribution in [2.75, 3.05) is 10.6 Å². The molecule has 158 valence electrons. The zero-order chi connectivity index (χ0) is 22.2. The first kappa shape index (κ1) is 20.1. The molecule has 0 atom stereocenters. The van der Waals surface area contributed by atoms with Gasteiger partial charge in [0.1, 0.15) is 5.69 Å². The van der Waals surface area contributed by atoms with Crippen LogP contribution in [0.1, 0.15) is 16.1 Å². The maximum absolute atomic E-state index is 12.8. The number of para-hydroxylation sites is 1. The largest absolute Gasteiger partial charge is 0.433 e. The van der Waals surface area contributed by atoms with Gasteiger partial charge in [0.15, 0.2) is 5.58 Å². The first-order valence-corrected chi connectivity index (χ1v) is 8.89. The maximum Gasteiger partial charge on any atom is 0.433 e. The van der Waals surface area contributed by atoms with E-state index in [1.165, 1.54) is 16.7 Å². The Hall–Kier alpha value is -4.15. The van der Waals surface area contributed by atoms with E-state index < -0.39 is 23.5 Å². The van der Waals surface area contributed by atoms with Crippen molar-refractivity contribution in [3.05, 3.63) is 76.5 Å². The molecule has 0 aliphatic carbocycles. The minimum absolute atomic E-state index is 0.215. The minimum atomic E-state index is -4.60. The number of aryl methyl sites for hydroxylation is 1. The monoisotopic (exact) mass is 429 g/mol. The summed E-state index contributed by atoms with van der Waals surface area (Å²) in [4.78, 5) is 31.6. The predicted molar refractivity (Wildman–Crippen MR) is 106 cm³/mol. The van der Waals surface area contributed by atoms with Crippen LogP contribution < -0.4 is 16.4 Å². The van der Waals surface area contributed by atoms with Gasteiger partial charge < -0.3 is 15.1 Å². The highest BCUT2D eigenvalue weighted by Crippen LogP contribution is 2.28. The third-order valence-electron chi connectivity index (χ3n) is 4.39. The van der Waals surface area contributed by atoms with Crippen molar-refractivity contribution in [3.63, 3.8) is 0 Å². The number of oxazole rings is 1. The lowest BCUT2D eigenvalue weighted by atomic mass is 10.1. The van der Waals surface area contributed by atoms with E-state index in [4.69, 9.17) is 4.42 Å². The number of rotatable bonds is 4. The standard InChI is InChI=1S/C20H14F3N5O3/c1-28-14-7-3-6-13(16(14)31-19(28)30)26-17(29)11-4-2-5-12(10-11)25-18-24-9-8-15(27-18)20(21,22)23/h2-10H,1H3,(H,26,29)(H,24,25,27). The molecule has 0 fully saturated rings. The molecule has 4 aromatic rings. The molecule has 31 heavy (non-hydrogen) atoms. The van der Waals surface area contributed by atoms with Crippen molar-refractivity contribution in [3.8, 4) is 0 Å². The molecule has 0 aliphatic rings. The van der Waals surface area contributed by atoms with Gasteiger partial charge in [0.25, 0.3) is 5.91 Å². The third-order valence-corrected chi connectivity index (χ3v) is 4.39. The molecule has 0 saturated heterocycles. The summed E-state index contributed by atoms with van der Waals surface area (Å²) >= 11 is 0. The molecular formula is C20H14F3N5O3. The van der Waals surface area contributed by atoms with Crippen LogP contribution in [-0.2, 0) is 13.2 Å². The molecule has 1 amide bonds. The van der Waals surface area contributed by atoms with Crippen molar-refractivity contribution in [2.45, 2.75) is 6.18 Å². The summed E-state index contributed by atoms with van der Waals surface area (Å²) in [5, 5.41) is 5.32. The zero-order valence-corrected chi connectivity index (χ0v) is 15.9. The molecule has 11 heteroatoms. The van der Waals surface area contributed by atoms with E-state index in [0.717, 1.165) is 12.3 Å². The number of hydrogen-bond donors (Lipinski definition) is 2. The smallest absolute Gasteiger partial charge is 0.405 e. The second-order valence-corrected chi connectivity index (χ2v) is 6.50. The topological polar surface area (TPSA) is 102 Å². The van der Waals surface area contributed by atoms with Gasteiger partial charge in [-0.25, -0.2) is 14.8 Å². The molecule has 2 aromatic carbocycles. The molecule has 0 unspecified atom stereocenters.